The fourth-order valence-corrected chi connectivity index (χ4v) is 2.87. The predicted octanol–water partition coefficient (Wildman–Crippen LogP) is 2.00. The molecule has 3 heterocycles. The molecule has 1 aliphatic rings. The maximum absolute atomic E-state index is 11.1. The van der Waals surface area contributed by atoms with Crippen LogP contribution in [0.25, 0.3) is 6.08 Å². The summed E-state index contributed by atoms with van der Waals surface area (Å²) in [6.45, 7) is 6.83. The normalized spacial score (nSPS) is 16.4. The van der Waals surface area contributed by atoms with Gasteiger partial charge in [0.15, 0.2) is 0 Å². The number of furan rings is 1. The van der Waals surface area contributed by atoms with Crippen molar-refractivity contribution < 1.29 is 9.21 Å². The Morgan fingerprint density at radius 3 is 2.67 bits per heavy atom. The summed E-state index contributed by atoms with van der Waals surface area (Å²) >= 11 is 0. The van der Waals surface area contributed by atoms with Crippen LogP contribution in [0, 0.1) is 0 Å². The Hall–Kier alpha value is -2.60. The fourth-order valence-electron chi connectivity index (χ4n) is 2.87. The molecule has 1 amide bonds. The monoisotopic (exact) mass is 326 g/mol. The lowest BCUT2D eigenvalue weighted by molar-refractivity contribution is 0.1000. The van der Waals surface area contributed by atoms with Crippen LogP contribution in [0.2, 0.25) is 0 Å². The molecule has 0 unspecified atom stereocenters. The number of rotatable bonds is 5. The molecule has 3 rings (SSSR count). The summed E-state index contributed by atoms with van der Waals surface area (Å²) in [5.41, 5.74) is 6.96. The largest absolute Gasteiger partial charge is 0.465 e. The second-order valence-corrected chi connectivity index (χ2v) is 6.04. The van der Waals surface area contributed by atoms with Crippen LogP contribution in [-0.2, 0) is 0 Å². The van der Waals surface area contributed by atoms with Crippen molar-refractivity contribution in [3.8, 4) is 0 Å². The molecule has 126 valence electrons. The number of amides is 1. The van der Waals surface area contributed by atoms with Gasteiger partial charge in [0.05, 0.1) is 11.8 Å². The van der Waals surface area contributed by atoms with Crippen LogP contribution >= 0.6 is 0 Å². The number of piperazine rings is 1. The molecule has 0 spiro atoms. The molecule has 24 heavy (non-hydrogen) atoms. The Morgan fingerprint density at radius 1 is 1.29 bits per heavy atom. The minimum atomic E-state index is -0.447. The topological polar surface area (TPSA) is 75.6 Å². The van der Waals surface area contributed by atoms with Crippen molar-refractivity contribution >= 4 is 17.8 Å². The van der Waals surface area contributed by atoms with Crippen LogP contribution in [0.3, 0.4) is 0 Å². The van der Waals surface area contributed by atoms with Crippen molar-refractivity contribution in [1.29, 1.82) is 0 Å². The third kappa shape index (κ3) is 4.02. The minimum Gasteiger partial charge on any atom is -0.465 e. The first kappa shape index (κ1) is 16.3. The van der Waals surface area contributed by atoms with E-state index in [4.69, 9.17) is 10.2 Å². The van der Waals surface area contributed by atoms with E-state index in [-0.39, 0.29) is 0 Å². The van der Waals surface area contributed by atoms with E-state index < -0.39 is 5.91 Å². The predicted molar refractivity (Wildman–Crippen MR) is 93.8 cm³/mol. The average molecular weight is 326 g/mol. The third-order valence-corrected chi connectivity index (χ3v) is 4.13. The zero-order valence-electron chi connectivity index (χ0n) is 13.8. The Kier molecular flexibility index (Phi) is 4.96. The number of pyridine rings is 1. The highest BCUT2D eigenvalue weighted by Gasteiger charge is 2.18. The molecule has 0 saturated carbocycles. The van der Waals surface area contributed by atoms with Gasteiger partial charge in [0.1, 0.15) is 11.6 Å². The summed E-state index contributed by atoms with van der Waals surface area (Å²) in [4.78, 5) is 20.1. The summed E-state index contributed by atoms with van der Waals surface area (Å²) in [5.74, 6) is 1.34. The minimum absolute atomic E-state index is 0.441. The van der Waals surface area contributed by atoms with Gasteiger partial charge in [-0.05, 0) is 37.3 Å². The lowest BCUT2D eigenvalue weighted by atomic mass is 10.2. The van der Waals surface area contributed by atoms with E-state index in [0.717, 1.165) is 44.3 Å². The van der Waals surface area contributed by atoms with Gasteiger partial charge in [-0.15, -0.1) is 0 Å². The summed E-state index contributed by atoms with van der Waals surface area (Å²) in [5, 5.41) is 0. The Labute approximate surface area is 141 Å². The number of hydrogen-bond acceptors (Lipinski definition) is 5. The van der Waals surface area contributed by atoms with Gasteiger partial charge in [-0.3, -0.25) is 9.69 Å². The molecule has 0 aromatic carbocycles. The molecule has 0 aliphatic carbocycles. The molecule has 6 nitrogen and oxygen atoms in total. The molecule has 1 aliphatic heterocycles. The summed E-state index contributed by atoms with van der Waals surface area (Å²) in [6.07, 6.45) is 5.31. The second kappa shape index (κ2) is 7.31. The molecular weight excluding hydrogens is 304 g/mol. The quantitative estimate of drug-likeness (QED) is 0.909. The first-order valence-electron chi connectivity index (χ1n) is 8.05. The van der Waals surface area contributed by atoms with Crippen LogP contribution in [0.5, 0.6) is 0 Å². The summed E-state index contributed by atoms with van der Waals surface area (Å²) in [7, 11) is 0. The van der Waals surface area contributed by atoms with Crippen LogP contribution in [-0.4, -0.2) is 48.5 Å². The number of nitrogens with two attached hydrogens (primary N) is 1. The van der Waals surface area contributed by atoms with E-state index in [1.165, 1.54) is 5.57 Å². The fraction of sp³-hybridized carbons (Fsp3) is 0.333. The van der Waals surface area contributed by atoms with Crippen molar-refractivity contribution in [3.05, 3.63) is 53.6 Å². The number of primary amides is 1. The van der Waals surface area contributed by atoms with E-state index in [0.29, 0.717) is 5.56 Å². The molecule has 0 bridgehead atoms. The van der Waals surface area contributed by atoms with E-state index in [2.05, 4.69) is 27.8 Å². The highest BCUT2D eigenvalue weighted by atomic mass is 16.3. The second-order valence-electron chi connectivity index (χ2n) is 6.04. The molecular formula is C18H22N4O2. The van der Waals surface area contributed by atoms with Gasteiger partial charge in [-0.2, -0.15) is 0 Å². The number of anilines is 1. The van der Waals surface area contributed by atoms with Gasteiger partial charge >= 0.3 is 0 Å². The van der Waals surface area contributed by atoms with Crippen molar-refractivity contribution in [2.24, 2.45) is 5.73 Å². The van der Waals surface area contributed by atoms with Gasteiger partial charge in [0.2, 0.25) is 5.91 Å². The highest BCUT2D eigenvalue weighted by Crippen LogP contribution is 2.15. The average Bonchev–Trinajstić information content (AvgIpc) is 3.08. The SMILES string of the molecule is C/C(=C\c1ccco1)CN1CCN(c2ccc(C(N)=O)cn2)CC1. The molecule has 0 atom stereocenters. The lowest BCUT2D eigenvalue weighted by Crippen LogP contribution is -2.47. The van der Waals surface area contributed by atoms with E-state index >= 15 is 0 Å². The maximum atomic E-state index is 11.1. The van der Waals surface area contributed by atoms with Gasteiger partial charge in [-0.25, -0.2) is 4.98 Å². The molecule has 2 aromatic heterocycles. The number of carbonyl (C=O) groups is 1. The van der Waals surface area contributed by atoms with E-state index in [1.807, 2.05) is 18.2 Å². The van der Waals surface area contributed by atoms with Gasteiger partial charge < -0.3 is 15.1 Å². The smallest absolute Gasteiger partial charge is 0.250 e. The summed E-state index contributed by atoms with van der Waals surface area (Å²) < 4.78 is 5.35. The molecule has 1 fully saturated rings. The van der Waals surface area contributed by atoms with Crippen LogP contribution in [0.4, 0.5) is 5.82 Å². The van der Waals surface area contributed by atoms with Crippen LogP contribution in [0.1, 0.15) is 23.0 Å². The summed E-state index contributed by atoms with van der Waals surface area (Å²) in [6, 6.07) is 7.45. The molecule has 0 radical (unpaired) electrons. The molecule has 6 heteroatoms. The van der Waals surface area contributed by atoms with Crippen molar-refractivity contribution in [2.75, 3.05) is 37.6 Å². The van der Waals surface area contributed by atoms with E-state index in [1.54, 1.807) is 18.5 Å². The standard InChI is InChI=1S/C18H22N4O2/c1-14(11-16-3-2-10-24-16)13-21-6-8-22(9-7-21)17-5-4-15(12-20-17)18(19)23/h2-5,10-12H,6-9,13H2,1H3,(H2,19,23)/b14-11+. The number of aromatic nitrogens is 1. The lowest BCUT2D eigenvalue weighted by Gasteiger charge is -2.35. The molecule has 2 aromatic rings. The third-order valence-electron chi connectivity index (χ3n) is 4.13. The van der Waals surface area contributed by atoms with Crippen molar-refractivity contribution in [2.45, 2.75) is 6.92 Å². The zero-order valence-corrected chi connectivity index (χ0v) is 13.8. The number of carbonyl (C=O) groups excluding carboxylic acids is 1. The maximum Gasteiger partial charge on any atom is 0.250 e. The molecule has 1 saturated heterocycles. The number of nitrogens with zero attached hydrogens (tertiary/aromatic N) is 3. The molecule has 2 N–H and O–H groups in total. The first-order chi connectivity index (χ1) is 11.6. The Balaban J connectivity index is 1.53. The number of hydrogen-bond donors (Lipinski definition) is 1. The Morgan fingerprint density at radius 2 is 2.08 bits per heavy atom. The highest BCUT2D eigenvalue weighted by molar-refractivity contribution is 5.92. The van der Waals surface area contributed by atoms with Crippen molar-refractivity contribution in [3.63, 3.8) is 0 Å². The van der Waals surface area contributed by atoms with Crippen molar-refractivity contribution in [1.82, 2.24) is 9.88 Å². The first-order valence-corrected chi connectivity index (χ1v) is 8.05. The van der Waals surface area contributed by atoms with E-state index in [9.17, 15) is 4.79 Å². The zero-order chi connectivity index (χ0) is 16.9. The van der Waals surface area contributed by atoms with Gasteiger partial charge in [0, 0.05) is 38.9 Å². The van der Waals surface area contributed by atoms with Crippen LogP contribution < -0.4 is 10.6 Å². The van der Waals surface area contributed by atoms with Gasteiger partial charge in [-0.1, -0.05) is 5.57 Å². The van der Waals surface area contributed by atoms with Crippen LogP contribution in [0.15, 0.2) is 46.7 Å². The Bertz CT molecular complexity index is 699. The van der Waals surface area contributed by atoms with Gasteiger partial charge in [0.25, 0.3) is 0 Å².